The second kappa shape index (κ2) is 5.59. The van der Waals surface area contributed by atoms with Gasteiger partial charge in [-0.25, -0.2) is 0 Å². The van der Waals surface area contributed by atoms with Crippen molar-refractivity contribution in [1.29, 1.82) is 0 Å². The first-order valence-electron chi connectivity index (χ1n) is 8.34. The van der Waals surface area contributed by atoms with Crippen molar-refractivity contribution in [2.45, 2.75) is 82.5 Å². The van der Waals surface area contributed by atoms with E-state index in [4.69, 9.17) is 4.74 Å². The van der Waals surface area contributed by atoms with Gasteiger partial charge in [0.1, 0.15) is 11.6 Å². The van der Waals surface area contributed by atoms with E-state index in [1.807, 2.05) is 18.7 Å². The molecule has 3 unspecified atom stereocenters. The molecular weight excluding hydrogens is 268 g/mol. The normalized spacial score (nSPS) is 36.1. The lowest BCUT2D eigenvalue weighted by Gasteiger charge is -2.49. The molecule has 0 aromatic rings. The topological polar surface area (TPSA) is 58.6 Å². The molecule has 1 N–H and O–H groups in total. The van der Waals surface area contributed by atoms with E-state index in [9.17, 15) is 9.59 Å². The fourth-order valence-corrected chi connectivity index (χ4v) is 4.23. The molecule has 1 spiro atoms. The summed E-state index contributed by atoms with van der Waals surface area (Å²) in [6.07, 6.45) is 6.17. The number of rotatable bonds is 2. The van der Waals surface area contributed by atoms with Crippen LogP contribution in [0.15, 0.2) is 0 Å². The summed E-state index contributed by atoms with van der Waals surface area (Å²) in [5.74, 6) is 0.198. The molecule has 2 heterocycles. The minimum atomic E-state index is -0.607. The molecule has 2 aliphatic heterocycles. The van der Waals surface area contributed by atoms with Crippen LogP contribution in [0.1, 0.15) is 58.8 Å². The lowest BCUT2D eigenvalue weighted by Crippen LogP contribution is -2.71. The van der Waals surface area contributed by atoms with Gasteiger partial charge in [-0.2, -0.15) is 0 Å². The SMILES string of the molecule is CCC1C(=O)NC2(CCCC2)C(=O)N1C1CCOC(C)C1. The van der Waals surface area contributed by atoms with Crippen LogP contribution in [0.3, 0.4) is 0 Å². The zero-order valence-electron chi connectivity index (χ0n) is 13.1. The summed E-state index contributed by atoms with van der Waals surface area (Å²) in [6, 6.07) is -0.159. The van der Waals surface area contributed by atoms with Gasteiger partial charge in [-0.15, -0.1) is 0 Å². The molecule has 5 heteroatoms. The monoisotopic (exact) mass is 294 g/mol. The minimum Gasteiger partial charge on any atom is -0.378 e. The number of ether oxygens (including phenoxy) is 1. The highest BCUT2D eigenvalue weighted by molar-refractivity contribution is 6.00. The van der Waals surface area contributed by atoms with Crippen molar-refractivity contribution in [3.8, 4) is 0 Å². The first kappa shape index (κ1) is 14.8. The standard InChI is InChI=1S/C16H26N2O3/c1-3-13-14(19)17-16(7-4-5-8-16)15(20)18(13)12-6-9-21-11(2)10-12/h11-13H,3-10H2,1-2H3,(H,17,19). The van der Waals surface area contributed by atoms with Crippen molar-refractivity contribution in [2.24, 2.45) is 0 Å². The molecule has 2 saturated heterocycles. The molecule has 3 atom stereocenters. The number of hydrogen-bond donors (Lipinski definition) is 1. The van der Waals surface area contributed by atoms with Crippen LogP contribution in [0.4, 0.5) is 0 Å². The van der Waals surface area contributed by atoms with Crippen LogP contribution < -0.4 is 5.32 Å². The number of hydrogen-bond acceptors (Lipinski definition) is 3. The molecule has 3 fully saturated rings. The predicted molar refractivity (Wildman–Crippen MR) is 78.7 cm³/mol. The van der Waals surface area contributed by atoms with Gasteiger partial charge in [-0.05, 0) is 39.0 Å². The molecule has 0 bridgehead atoms. The first-order valence-corrected chi connectivity index (χ1v) is 8.34. The van der Waals surface area contributed by atoms with Crippen molar-refractivity contribution in [1.82, 2.24) is 10.2 Å². The van der Waals surface area contributed by atoms with Gasteiger partial charge in [0.25, 0.3) is 0 Å². The summed E-state index contributed by atoms with van der Waals surface area (Å²) in [7, 11) is 0. The Morgan fingerprint density at radius 3 is 2.67 bits per heavy atom. The summed E-state index contributed by atoms with van der Waals surface area (Å²) < 4.78 is 5.61. The molecule has 1 aliphatic carbocycles. The van der Waals surface area contributed by atoms with Crippen molar-refractivity contribution < 1.29 is 14.3 Å². The molecule has 118 valence electrons. The Morgan fingerprint density at radius 1 is 1.33 bits per heavy atom. The van der Waals surface area contributed by atoms with Crippen LogP contribution in [-0.2, 0) is 14.3 Å². The van der Waals surface area contributed by atoms with E-state index >= 15 is 0 Å². The highest BCUT2D eigenvalue weighted by Gasteiger charge is 2.53. The van der Waals surface area contributed by atoms with Gasteiger partial charge in [-0.3, -0.25) is 9.59 Å². The van der Waals surface area contributed by atoms with Crippen LogP contribution in [-0.4, -0.2) is 47.0 Å². The van der Waals surface area contributed by atoms with Crippen molar-refractivity contribution >= 4 is 11.8 Å². The van der Waals surface area contributed by atoms with E-state index in [1.165, 1.54) is 0 Å². The van der Waals surface area contributed by atoms with Crippen molar-refractivity contribution in [3.05, 3.63) is 0 Å². The van der Waals surface area contributed by atoms with Crippen LogP contribution in [0.2, 0.25) is 0 Å². The number of piperazine rings is 1. The Morgan fingerprint density at radius 2 is 2.05 bits per heavy atom. The average Bonchev–Trinajstić information content (AvgIpc) is 2.92. The molecule has 0 aromatic heterocycles. The van der Waals surface area contributed by atoms with Gasteiger partial charge in [-0.1, -0.05) is 19.8 Å². The smallest absolute Gasteiger partial charge is 0.249 e. The van der Waals surface area contributed by atoms with E-state index in [0.29, 0.717) is 13.0 Å². The molecule has 5 nitrogen and oxygen atoms in total. The number of nitrogens with zero attached hydrogens (tertiary/aromatic N) is 1. The molecule has 3 aliphatic rings. The molecule has 0 aromatic carbocycles. The van der Waals surface area contributed by atoms with Gasteiger partial charge in [0.05, 0.1) is 6.10 Å². The largest absolute Gasteiger partial charge is 0.378 e. The Labute approximate surface area is 126 Å². The van der Waals surface area contributed by atoms with E-state index in [1.54, 1.807) is 0 Å². The van der Waals surface area contributed by atoms with E-state index in [0.717, 1.165) is 38.5 Å². The van der Waals surface area contributed by atoms with Crippen molar-refractivity contribution in [2.75, 3.05) is 6.61 Å². The molecule has 2 amide bonds. The average molecular weight is 294 g/mol. The van der Waals surface area contributed by atoms with Crippen LogP contribution in [0.25, 0.3) is 0 Å². The highest BCUT2D eigenvalue weighted by Crippen LogP contribution is 2.37. The fourth-order valence-electron chi connectivity index (χ4n) is 4.23. The third-order valence-corrected chi connectivity index (χ3v) is 5.34. The molecular formula is C16H26N2O3. The Bertz CT molecular complexity index is 431. The van der Waals surface area contributed by atoms with Crippen LogP contribution >= 0.6 is 0 Å². The van der Waals surface area contributed by atoms with Crippen molar-refractivity contribution in [3.63, 3.8) is 0 Å². The summed E-state index contributed by atoms with van der Waals surface area (Å²) in [6.45, 7) is 4.72. The van der Waals surface area contributed by atoms with E-state index in [-0.39, 0.29) is 30.0 Å². The van der Waals surface area contributed by atoms with E-state index in [2.05, 4.69) is 5.32 Å². The Kier molecular flexibility index (Phi) is 3.95. The zero-order valence-corrected chi connectivity index (χ0v) is 13.1. The van der Waals surface area contributed by atoms with Gasteiger partial charge in [0.2, 0.25) is 11.8 Å². The summed E-state index contributed by atoms with van der Waals surface area (Å²) in [5, 5.41) is 3.06. The maximum Gasteiger partial charge on any atom is 0.249 e. The molecule has 1 saturated carbocycles. The zero-order chi connectivity index (χ0) is 15.0. The second-order valence-electron chi connectivity index (χ2n) is 6.77. The third-order valence-electron chi connectivity index (χ3n) is 5.34. The van der Waals surface area contributed by atoms with Crippen LogP contribution in [0, 0.1) is 0 Å². The van der Waals surface area contributed by atoms with Gasteiger partial charge >= 0.3 is 0 Å². The third kappa shape index (κ3) is 2.45. The second-order valence-corrected chi connectivity index (χ2v) is 6.77. The Hall–Kier alpha value is -1.10. The maximum atomic E-state index is 13.1. The number of carbonyl (C=O) groups is 2. The number of amides is 2. The number of carbonyl (C=O) groups excluding carboxylic acids is 2. The van der Waals surface area contributed by atoms with Gasteiger partial charge in [0.15, 0.2) is 0 Å². The molecule has 0 radical (unpaired) electrons. The maximum absolute atomic E-state index is 13.1. The van der Waals surface area contributed by atoms with Gasteiger partial charge in [0, 0.05) is 12.6 Å². The summed E-state index contributed by atoms with van der Waals surface area (Å²) in [5.41, 5.74) is -0.607. The summed E-state index contributed by atoms with van der Waals surface area (Å²) >= 11 is 0. The number of nitrogens with one attached hydrogen (secondary N) is 1. The predicted octanol–water partition coefficient (Wildman–Crippen LogP) is 1.60. The van der Waals surface area contributed by atoms with Crippen LogP contribution in [0.5, 0.6) is 0 Å². The highest BCUT2D eigenvalue weighted by atomic mass is 16.5. The van der Waals surface area contributed by atoms with Gasteiger partial charge < -0.3 is 15.0 Å². The lowest BCUT2D eigenvalue weighted by atomic mass is 9.87. The Balaban J connectivity index is 1.89. The van der Waals surface area contributed by atoms with E-state index < -0.39 is 5.54 Å². The molecule has 21 heavy (non-hydrogen) atoms. The quantitative estimate of drug-likeness (QED) is 0.841. The lowest BCUT2D eigenvalue weighted by molar-refractivity contribution is -0.161. The minimum absolute atomic E-state index is 0.0399. The first-order chi connectivity index (χ1) is 10.1. The fraction of sp³-hybridized carbons (Fsp3) is 0.875. The molecule has 3 rings (SSSR count). The summed E-state index contributed by atoms with van der Waals surface area (Å²) in [4.78, 5) is 27.6.